The number of rotatable bonds is 3. The molecule has 0 amide bonds. The van der Waals surface area contributed by atoms with Gasteiger partial charge >= 0.3 is 0 Å². The topological polar surface area (TPSA) is 72.0 Å². The molecule has 1 unspecified atom stereocenters. The van der Waals surface area contributed by atoms with Crippen LogP contribution in [-0.2, 0) is 0 Å². The van der Waals surface area contributed by atoms with Crippen molar-refractivity contribution >= 4 is 29.2 Å². The number of anilines is 1. The Morgan fingerprint density at radius 2 is 2.38 bits per heavy atom. The summed E-state index contributed by atoms with van der Waals surface area (Å²) in [6.45, 7) is 1.95. The molecule has 0 aliphatic carbocycles. The second kappa shape index (κ2) is 4.64. The summed E-state index contributed by atoms with van der Waals surface area (Å²) in [5.74, 6) is 0.268. The third-order valence-electron chi connectivity index (χ3n) is 1.35. The molecule has 1 atom stereocenters. The molecule has 0 saturated carbocycles. The van der Waals surface area contributed by atoms with Crippen LogP contribution in [0.25, 0.3) is 0 Å². The average molecular weight is 220 g/mol. The molecule has 0 fully saturated rings. The van der Waals surface area contributed by atoms with E-state index in [9.17, 15) is 0 Å². The number of nitrogen functional groups attached to an aromatic ring is 1. The third kappa shape index (κ3) is 2.72. The Kier molecular flexibility index (Phi) is 3.77. The molecule has 0 aliphatic rings. The van der Waals surface area contributed by atoms with E-state index in [4.69, 9.17) is 22.4 Å². The zero-order valence-electron chi connectivity index (χ0n) is 7.07. The molecule has 72 valence electrons. The molecule has 0 saturated heterocycles. The van der Waals surface area contributed by atoms with Gasteiger partial charge < -0.3 is 10.8 Å². The largest absolute Gasteiger partial charge is 0.395 e. The van der Waals surface area contributed by atoms with Gasteiger partial charge in [-0.1, -0.05) is 30.3 Å². The molecule has 0 aliphatic heterocycles. The van der Waals surface area contributed by atoms with Gasteiger partial charge in [0.1, 0.15) is 22.2 Å². The first kappa shape index (κ1) is 10.6. The number of hydrogen-bond acceptors (Lipinski definition) is 5. The summed E-state index contributed by atoms with van der Waals surface area (Å²) in [4.78, 5) is 7.69. The van der Waals surface area contributed by atoms with Gasteiger partial charge in [-0.15, -0.1) is 0 Å². The number of nitrogens with zero attached hydrogens (tertiary/aromatic N) is 2. The van der Waals surface area contributed by atoms with Crippen molar-refractivity contribution in [3.8, 4) is 0 Å². The molecule has 1 rings (SSSR count). The lowest BCUT2D eigenvalue weighted by molar-refractivity contribution is 0.300. The van der Waals surface area contributed by atoms with E-state index in [0.29, 0.717) is 10.0 Å². The number of aliphatic hydroxyl groups excluding tert-OH is 1. The fraction of sp³-hybridized carbons (Fsp3) is 0.429. The van der Waals surface area contributed by atoms with Crippen LogP contribution in [-0.4, -0.2) is 26.9 Å². The van der Waals surface area contributed by atoms with Crippen LogP contribution in [0.3, 0.4) is 0 Å². The first-order valence-corrected chi connectivity index (χ1v) is 4.94. The average Bonchev–Trinajstić information content (AvgIpc) is 2.13. The third-order valence-corrected chi connectivity index (χ3v) is 2.92. The molecular formula is C7H10ClN3OS. The maximum absolute atomic E-state index is 8.82. The minimum atomic E-state index is 0.0480. The van der Waals surface area contributed by atoms with E-state index in [2.05, 4.69) is 9.97 Å². The van der Waals surface area contributed by atoms with E-state index in [0.717, 1.165) is 0 Å². The predicted octanol–water partition coefficient (Wildman–Crippen LogP) is 1.19. The zero-order chi connectivity index (χ0) is 9.84. The Hall–Kier alpha value is -0.520. The number of hydrogen-bond donors (Lipinski definition) is 2. The Morgan fingerprint density at radius 1 is 1.69 bits per heavy atom. The smallest absolute Gasteiger partial charge is 0.146 e. The van der Waals surface area contributed by atoms with Crippen molar-refractivity contribution in [3.63, 3.8) is 0 Å². The molecule has 3 N–H and O–H groups in total. The highest BCUT2D eigenvalue weighted by atomic mass is 35.5. The Balaban J connectivity index is 2.83. The normalized spacial score (nSPS) is 12.8. The molecule has 0 spiro atoms. The Morgan fingerprint density at radius 3 is 3.00 bits per heavy atom. The highest BCUT2D eigenvalue weighted by Crippen LogP contribution is 2.30. The fourth-order valence-electron chi connectivity index (χ4n) is 0.676. The summed E-state index contributed by atoms with van der Waals surface area (Å²) in [6, 6.07) is 0. The lowest BCUT2D eigenvalue weighted by atomic mass is 10.5. The Labute approximate surface area is 85.5 Å². The van der Waals surface area contributed by atoms with Gasteiger partial charge in [0.05, 0.1) is 6.61 Å². The standard InChI is InChI=1S/C7H10ClN3OS/c1-4(2-12)13-7-5(8)6(9)10-3-11-7/h3-4,12H,2H2,1H3,(H2,9,10,11). The molecule has 4 nitrogen and oxygen atoms in total. The summed E-state index contributed by atoms with van der Waals surface area (Å²) in [6.07, 6.45) is 1.35. The van der Waals surface area contributed by atoms with Crippen molar-refractivity contribution in [2.75, 3.05) is 12.3 Å². The maximum Gasteiger partial charge on any atom is 0.146 e. The van der Waals surface area contributed by atoms with E-state index in [-0.39, 0.29) is 17.7 Å². The van der Waals surface area contributed by atoms with E-state index in [1.54, 1.807) is 0 Å². The summed E-state index contributed by atoms with van der Waals surface area (Å²) in [7, 11) is 0. The number of aliphatic hydroxyl groups is 1. The van der Waals surface area contributed by atoms with Crippen LogP contribution in [0.1, 0.15) is 6.92 Å². The Bertz CT molecular complexity index is 297. The first-order chi connectivity index (χ1) is 6.15. The summed E-state index contributed by atoms with van der Waals surface area (Å²) < 4.78 is 0. The molecule has 0 radical (unpaired) electrons. The van der Waals surface area contributed by atoms with Crippen LogP contribution in [0.2, 0.25) is 5.02 Å². The van der Waals surface area contributed by atoms with Crippen LogP contribution < -0.4 is 5.73 Å². The predicted molar refractivity (Wildman–Crippen MR) is 53.9 cm³/mol. The molecule has 6 heteroatoms. The van der Waals surface area contributed by atoms with Gasteiger partial charge in [-0.05, 0) is 0 Å². The van der Waals surface area contributed by atoms with E-state index >= 15 is 0 Å². The fourth-order valence-corrected chi connectivity index (χ4v) is 1.68. The molecule has 13 heavy (non-hydrogen) atoms. The molecule has 0 aromatic carbocycles. The molecule has 1 heterocycles. The van der Waals surface area contributed by atoms with Crippen LogP contribution in [0.5, 0.6) is 0 Å². The quantitative estimate of drug-likeness (QED) is 0.590. The maximum atomic E-state index is 8.82. The lowest BCUT2D eigenvalue weighted by Gasteiger charge is -2.08. The number of aromatic nitrogens is 2. The van der Waals surface area contributed by atoms with Crippen molar-refractivity contribution < 1.29 is 5.11 Å². The monoisotopic (exact) mass is 219 g/mol. The summed E-state index contributed by atoms with van der Waals surface area (Å²) in [5, 5.41) is 9.83. The molecular weight excluding hydrogens is 210 g/mol. The minimum absolute atomic E-state index is 0.0480. The van der Waals surface area contributed by atoms with Crippen molar-refractivity contribution in [1.82, 2.24) is 9.97 Å². The summed E-state index contributed by atoms with van der Waals surface area (Å²) in [5.41, 5.74) is 5.48. The zero-order valence-corrected chi connectivity index (χ0v) is 8.64. The van der Waals surface area contributed by atoms with E-state index in [1.807, 2.05) is 6.92 Å². The van der Waals surface area contributed by atoms with Gasteiger partial charge in [-0.25, -0.2) is 9.97 Å². The van der Waals surface area contributed by atoms with Gasteiger partial charge in [0, 0.05) is 5.25 Å². The molecule has 1 aromatic rings. The van der Waals surface area contributed by atoms with Gasteiger partial charge in [-0.2, -0.15) is 0 Å². The molecule has 1 aromatic heterocycles. The van der Waals surface area contributed by atoms with Gasteiger partial charge in [0.2, 0.25) is 0 Å². The second-order valence-corrected chi connectivity index (χ2v) is 4.29. The second-order valence-electron chi connectivity index (χ2n) is 2.49. The van der Waals surface area contributed by atoms with Gasteiger partial charge in [0.25, 0.3) is 0 Å². The van der Waals surface area contributed by atoms with Crippen LogP contribution in [0, 0.1) is 0 Å². The number of halogens is 1. The molecule has 0 bridgehead atoms. The van der Waals surface area contributed by atoms with Crippen molar-refractivity contribution in [1.29, 1.82) is 0 Å². The van der Waals surface area contributed by atoms with Crippen molar-refractivity contribution in [3.05, 3.63) is 11.3 Å². The highest BCUT2D eigenvalue weighted by Gasteiger charge is 2.10. The van der Waals surface area contributed by atoms with Crippen molar-refractivity contribution in [2.24, 2.45) is 0 Å². The van der Waals surface area contributed by atoms with E-state index in [1.165, 1.54) is 18.1 Å². The number of nitrogens with two attached hydrogens (primary N) is 1. The SMILES string of the molecule is CC(CO)Sc1ncnc(N)c1Cl. The van der Waals surface area contributed by atoms with Crippen molar-refractivity contribution in [2.45, 2.75) is 17.2 Å². The lowest BCUT2D eigenvalue weighted by Crippen LogP contribution is -2.03. The summed E-state index contributed by atoms with van der Waals surface area (Å²) >= 11 is 7.21. The van der Waals surface area contributed by atoms with Crippen LogP contribution in [0.4, 0.5) is 5.82 Å². The van der Waals surface area contributed by atoms with Crippen LogP contribution >= 0.6 is 23.4 Å². The van der Waals surface area contributed by atoms with E-state index < -0.39 is 0 Å². The highest BCUT2D eigenvalue weighted by molar-refractivity contribution is 8.00. The van der Waals surface area contributed by atoms with Gasteiger partial charge in [0.15, 0.2) is 0 Å². The minimum Gasteiger partial charge on any atom is -0.395 e. The first-order valence-electron chi connectivity index (χ1n) is 3.68. The van der Waals surface area contributed by atoms with Crippen LogP contribution in [0.15, 0.2) is 11.4 Å². The van der Waals surface area contributed by atoms with Gasteiger partial charge in [-0.3, -0.25) is 0 Å². The number of thioether (sulfide) groups is 1.